The summed E-state index contributed by atoms with van der Waals surface area (Å²) in [6, 6.07) is 4.78. The molecule has 1 unspecified atom stereocenters. The van der Waals surface area contributed by atoms with Crippen LogP contribution in [0.4, 0.5) is 5.69 Å². The minimum Gasteiger partial charge on any atom is -0.466 e. The summed E-state index contributed by atoms with van der Waals surface area (Å²) >= 11 is 11.9. The van der Waals surface area contributed by atoms with Gasteiger partial charge < -0.3 is 15.4 Å². The molecule has 122 valence electrons. The van der Waals surface area contributed by atoms with E-state index in [2.05, 4.69) is 10.6 Å². The first kappa shape index (κ1) is 17.3. The number of nitrogens with one attached hydrogen (secondary N) is 2. The van der Waals surface area contributed by atoms with Crippen LogP contribution in [0.15, 0.2) is 29.5 Å². The number of hydrogen-bond acceptors (Lipinski definition) is 4. The maximum absolute atomic E-state index is 12.5. The van der Waals surface area contributed by atoms with Crippen LogP contribution in [0, 0.1) is 5.92 Å². The van der Waals surface area contributed by atoms with E-state index >= 15 is 0 Å². The molecule has 0 radical (unpaired) electrons. The zero-order valence-electron chi connectivity index (χ0n) is 12.4. The van der Waals surface area contributed by atoms with Crippen LogP contribution in [0.25, 0.3) is 0 Å². The monoisotopic (exact) mass is 356 g/mol. The lowest BCUT2D eigenvalue weighted by molar-refractivity contribution is -0.139. The summed E-state index contributed by atoms with van der Waals surface area (Å²) in [5, 5.41) is 5.59. The third-order valence-corrected chi connectivity index (χ3v) is 4.22. The molecule has 2 N–H and O–H groups in total. The number of esters is 1. The molecule has 1 aromatic rings. The van der Waals surface area contributed by atoms with Crippen molar-refractivity contribution in [1.82, 2.24) is 5.32 Å². The van der Waals surface area contributed by atoms with E-state index in [1.807, 2.05) is 0 Å². The number of methoxy groups -OCH3 is 1. The Hall–Kier alpha value is -2.05. The molecule has 6 nitrogen and oxygen atoms in total. The molecular formula is C15H14Cl2N2O4. The van der Waals surface area contributed by atoms with Gasteiger partial charge in [-0.05, 0) is 19.1 Å². The second-order valence-electron chi connectivity index (χ2n) is 4.93. The maximum Gasteiger partial charge on any atom is 0.336 e. The second kappa shape index (κ2) is 7.02. The summed E-state index contributed by atoms with van der Waals surface area (Å²) in [7, 11) is 1.21. The lowest BCUT2D eigenvalue weighted by Gasteiger charge is -2.25. The van der Waals surface area contributed by atoms with Crippen LogP contribution >= 0.6 is 23.2 Å². The minimum absolute atomic E-state index is 0.114. The van der Waals surface area contributed by atoms with Gasteiger partial charge in [0.25, 0.3) is 0 Å². The van der Waals surface area contributed by atoms with Crippen LogP contribution in [-0.4, -0.2) is 24.9 Å². The Morgan fingerprint density at radius 3 is 2.70 bits per heavy atom. The van der Waals surface area contributed by atoms with Crippen molar-refractivity contribution in [3.63, 3.8) is 0 Å². The number of allylic oxidation sites excluding steroid dienone is 1. The smallest absolute Gasteiger partial charge is 0.336 e. The molecule has 23 heavy (non-hydrogen) atoms. The van der Waals surface area contributed by atoms with Gasteiger partial charge in [0.1, 0.15) is 0 Å². The lowest BCUT2D eigenvalue weighted by Crippen LogP contribution is -2.40. The van der Waals surface area contributed by atoms with E-state index in [4.69, 9.17) is 27.9 Å². The predicted molar refractivity (Wildman–Crippen MR) is 86.1 cm³/mol. The Morgan fingerprint density at radius 1 is 1.35 bits per heavy atom. The van der Waals surface area contributed by atoms with Crippen molar-refractivity contribution in [3.8, 4) is 0 Å². The first-order valence-corrected chi connectivity index (χ1v) is 7.44. The Labute approximate surface area is 142 Å². The average Bonchev–Trinajstić information content (AvgIpc) is 2.50. The van der Waals surface area contributed by atoms with Gasteiger partial charge in [0.05, 0.1) is 34.3 Å². The van der Waals surface area contributed by atoms with E-state index in [0.29, 0.717) is 11.4 Å². The van der Waals surface area contributed by atoms with E-state index in [1.54, 1.807) is 18.2 Å². The molecule has 0 bridgehead atoms. The molecule has 0 spiro atoms. The molecule has 0 fully saturated rings. The summed E-state index contributed by atoms with van der Waals surface area (Å²) < 4.78 is 4.69. The zero-order chi connectivity index (χ0) is 17.1. The number of carbonyl (C=O) groups excluding carboxylic acids is 3. The largest absolute Gasteiger partial charge is 0.466 e. The van der Waals surface area contributed by atoms with Crippen LogP contribution in [0.5, 0.6) is 0 Å². The zero-order valence-corrected chi connectivity index (χ0v) is 13.9. The van der Waals surface area contributed by atoms with Crippen molar-refractivity contribution in [2.45, 2.75) is 13.3 Å². The first-order valence-electron chi connectivity index (χ1n) is 6.69. The molecule has 1 aromatic carbocycles. The standard InChI is InChI=1S/C15H14Cl2N2O4/c1-7-12(15(22)23-2)8(6-11(20)18-7)14(21)19-10-5-3-4-9(16)13(10)17/h3-5,8H,6H2,1-2H3,(H,18,20)(H,19,21). The number of benzene rings is 1. The quantitative estimate of drug-likeness (QED) is 0.815. The van der Waals surface area contributed by atoms with Gasteiger partial charge in [-0.2, -0.15) is 0 Å². The topological polar surface area (TPSA) is 84.5 Å². The van der Waals surface area contributed by atoms with Gasteiger partial charge in [0.2, 0.25) is 11.8 Å². The molecule has 0 aromatic heterocycles. The van der Waals surface area contributed by atoms with E-state index in [1.165, 1.54) is 14.0 Å². The number of ether oxygens (including phenoxy) is 1. The first-order chi connectivity index (χ1) is 10.8. The van der Waals surface area contributed by atoms with E-state index in [9.17, 15) is 14.4 Å². The fourth-order valence-electron chi connectivity index (χ4n) is 2.33. The minimum atomic E-state index is -0.966. The SMILES string of the molecule is COC(=O)C1=C(C)NC(=O)CC1C(=O)Nc1cccc(Cl)c1Cl. The predicted octanol–water partition coefficient (Wildman–Crippen LogP) is 2.51. The van der Waals surface area contributed by atoms with Gasteiger partial charge in [0.15, 0.2) is 0 Å². The van der Waals surface area contributed by atoms with Gasteiger partial charge >= 0.3 is 5.97 Å². The molecule has 0 saturated carbocycles. The summed E-state index contributed by atoms with van der Waals surface area (Å²) in [5.41, 5.74) is 0.713. The summed E-state index contributed by atoms with van der Waals surface area (Å²) in [6.45, 7) is 1.54. The van der Waals surface area contributed by atoms with E-state index < -0.39 is 17.8 Å². The molecule has 8 heteroatoms. The molecule has 0 saturated heterocycles. The van der Waals surface area contributed by atoms with Crippen LogP contribution in [0.3, 0.4) is 0 Å². The summed E-state index contributed by atoms with van der Waals surface area (Å²) in [6.07, 6.45) is -0.161. The van der Waals surface area contributed by atoms with Crippen LogP contribution in [-0.2, 0) is 19.1 Å². The van der Waals surface area contributed by atoms with Crippen LogP contribution in [0.2, 0.25) is 10.0 Å². The van der Waals surface area contributed by atoms with Crippen LogP contribution < -0.4 is 10.6 Å². The highest BCUT2D eigenvalue weighted by Gasteiger charge is 2.36. The van der Waals surface area contributed by atoms with Gasteiger partial charge in [-0.15, -0.1) is 0 Å². The highest BCUT2D eigenvalue weighted by Crippen LogP contribution is 2.31. The maximum atomic E-state index is 12.5. The van der Waals surface area contributed by atoms with Crippen molar-refractivity contribution < 1.29 is 19.1 Å². The Morgan fingerprint density at radius 2 is 2.04 bits per heavy atom. The van der Waals surface area contributed by atoms with Crippen molar-refractivity contribution in [1.29, 1.82) is 0 Å². The van der Waals surface area contributed by atoms with Gasteiger partial charge in [-0.25, -0.2) is 4.79 Å². The highest BCUT2D eigenvalue weighted by atomic mass is 35.5. The molecule has 1 aliphatic rings. The molecule has 0 aliphatic carbocycles. The number of amides is 2. The highest BCUT2D eigenvalue weighted by molar-refractivity contribution is 6.44. The van der Waals surface area contributed by atoms with Crippen molar-refractivity contribution in [3.05, 3.63) is 39.5 Å². The molecular weight excluding hydrogens is 343 g/mol. The number of carbonyl (C=O) groups is 3. The molecule has 1 aliphatic heterocycles. The van der Waals surface area contributed by atoms with E-state index in [-0.39, 0.29) is 27.9 Å². The van der Waals surface area contributed by atoms with Crippen LogP contribution in [0.1, 0.15) is 13.3 Å². The number of rotatable bonds is 3. The third kappa shape index (κ3) is 3.65. The fraction of sp³-hybridized carbons (Fsp3) is 0.267. The van der Waals surface area contributed by atoms with Gasteiger partial charge in [-0.3, -0.25) is 9.59 Å². The molecule has 2 amide bonds. The third-order valence-electron chi connectivity index (χ3n) is 3.40. The van der Waals surface area contributed by atoms with Crippen molar-refractivity contribution in [2.75, 3.05) is 12.4 Å². The Bertz CT molecular complexity index is 715. The van der Waals surface area contributed by atoms with Gasteiger partial charge in [-0.1, -0.05) is 29.3 Å². The van der Waals surface area contributed by atoms with Crippen molar-refractivity contribution >= 4 is 46.7 Å². The van der Waals surface area contributed by atoms with Gasteiger partial charge in [0, 0.05) is 12.1 Å². The fourth-order valence-corrected chi connectivity index (χ4v) is 2.67. The van der Waals surface area contributed by atoms with E-state index in [0.717, 1.165) is 0 Å². The Balaban J connectivity index is 2.32. The average molecular weight is 357 g/mol. The Kier molecular flexibility index (Phi) is 5.28. The number of anilines is 1. The molecule has 1 heterocycles. The second-order valence-corrected chi connectivity index (χ2v) is 5.71. The normalized spacial score (nSPS) is 17.6. The summed E-state index contributed by atoms with van der Waals surface area (Å²) in [4.78, 5) is 36.1. The molecule has 1 atom stereocenters. The molecule has 2 rings (SSSR count). The lowest BCUT2D eigenvalue weighted by atomic mass is 9.89. The number of hydrogen-bond donors (Lipinski definition) is 2. The summed E-state index contributed by atoms with van der Waals surface area (Å²) in [5.74, 6) is -2.53. The van der Waals surface area contributed by atoms with Crippen molar-refractivity contribution in [2.24, 2.45) is 5.92 Å². The number of halogens is 2.